The second kappa shape index (κ2) is 9.33. The molecule has 128 valence electrons. The summed E-state index contributed by atoms with van der Waals surface area (Å²) in [7, 11) is 0. The Hall–Kier alpha value is -2.00. The highest BCUT2D eigenvalue weighted by molar-refractivity contribution is 6.32. The number of benzene rings is 2. The molecule has 24 heavy (non-hydrogen) atoms. The largest absolute Gasteiger partial charge is 0.479 e. The van der Waals surface area contributed by atoms with Crippen molar-refractivity contribution in [2.75, 3.05) is 5.32 Å². The molecule has 2 aromatic rings. The number of para-hydroxylation sites is 1. The lowest BCUT2D eigenvalue weighted by Crippen LogP contribution is -2.32. The van der Waals surface area contributed by atoms with Crippen LogP contribution in [0.5, 0.6) is 5.75 Å². The first kappa shape index (κ1) is 18.3. The molecule has 0 spiro atoms. The fraction of sp³-hybridized carbons (Fsp3) is 0.350. The van der Waals surface area contributed by atoms with Crippen molar-refractivity contribution >= 4 is 23.2 Å². The molecule has 0 aliphatic heterocycles. The van der Waals surface area contributed by atoms with E-state index in [-0.39, 0.29) is 5.91 Å². The SMILES string of the molecule is CCCCc1ccc(NC(=O)[C@@H](CC)Oc2ccccc2Cl)cc1. The highest BCUT2D eigenvalue weighted by atomic mass is 35.5. The lowest BCUT2D eigenvalue weighted by Gasteiger charge is -2.18. The zero-order valence-corrected chi connectivity index (χ0v) is 15.0. The number of hydrogen-bond acceptors (Lipinski definition) is 2. The van der Waals surface area contributed by atoms with Crippen LogP contribution in [-0.4, -0.2) is 12.0 Å². The third-order valence-electron chi connectivity index (χ3n) is 3.81. The first-order chi connectivity index (χ1) is 11.6. The van der Waals surface area contributed by atoms with Crippen molar-refractivity contribution in [1.29, 1.82) is 0 Å². The quantitative estimate of drug-likeness (QED) is 0.688. The summed E-state index contributed by atoms with van der Waals surface area (Å²) in [6.07, 6.45) is 3.40. The van der Waals surface area contributed by atoms with E-state index in [9.17, 15) is 4.79 Å². The fourth-order valence-corrected chi connectivity index (χ4v) is 2.55. The Balaban J connectivity index is 1.97. The maximum atomic E-state index is 12.4. The molecule has 0 unspecified atom stereocenters. The zero-order valence-electron chi connectivity index (χ0n) is 14.2. The topological polar surface area (TPSA) is 38.3 Å². The molecule has 0 aromatic heterocycles. The Labute approximate surface area is 149 Å². The third-order valence-corrected chi connectivity index (χ3v) is 4.12. The number of rotatable bonds is 8. The van der Waals surface area contributed by atoms with Crippen LogP contribution in [0, 0.1) is 0 Å². The summed E-state index contributed by atoms with van der Waals surface area (Å²) < 4.78 is 5.76. The van der Waals surface area contributed by atoms with Crippen molar-refractivity contribution in [3.63, 3.8) is 0 Å². The molecule has 3 nitrogen and oxygen atoms in total. The molecule has 0 aliphatic rings. The molecule has 0 saturated carbocycles. The minimum absolute atomic E-state index is 0.168. The highest BCUT2D eigenvalue weighted by Gasteiger charge is 2.19. The maximum absolute atomic E-state index is 12.4. The van der Waals surface area contributed by atoms with Crippen LogP contribution in [0.3, 0.4) is 0 Å². The molecule has 1 amide bonds. The van der Waals surface area contributed by atoms with Gasteiger partial charge in [-0.05, 0) is 49.1 Å². The number of carbonyl (C=O) groups is 1. The van der Waals surface area contributed by atoms with E-state index < -0.39 is 6.10 Å². The molecular weight excluding hydrogens is 322 g/mol. The first-order valence-corrected chi connectivity index (χ1v) is 8.82. The Bertz CT molecular complexity index is 655. The summed E-state index contributed by atoms with van der Waals surface area (Å²) in [5, 5.41) is 3.41. The molecule has 0 aliphatic carbocycles. The summed E-state index contributed by atoms with van der Waals surface area (Å²) in [5.41, 5.74) is 2.07. The van der Waals surface area contributed by atoms with Gasteiger partial charge in [0.05, 0.1) is 5.02 Å². The monoisotopic (exact) mass is 345 g/mol. The van der Waals surface area contributed by atoms with Gasteiger partial charge >= 0.3 is 0 Å². The lowest BCUT2D eigenvalue weighted by atomic mass is 10.1. The van der Waals surface area contributed by atoms with Crippen LogP contribution >= 0.6 is 11.6 Å². The number of carbonyl (C=O) groups excluding carboxylic acids is 1. The van der Waals surface area contributed by atoms with Gasteiger partial charge in [0.25, 0.3) is 5.91 Å². The number of unbranched alkanes of at least 4 members (excludes halogenated alkanes) is 1. The Morgan fingerprint density at radius 1 is 1.12 bits per heavy atom. The number of nitrogens with one attached hydrogen (secondary N) is 1. The molecule has 0 fully saturated rings. The van der Waals surface area contributed by atoms with Gasteiger partial charge in [0.2, 0.25) is 0 Å². The summed E-state index contributed by atoms with van der Waals surface area (Å²) >= 11 is 6.09. The van der Waals surface area contributed by atoms with Crippen LogP contribution in [0.25, 0.3) is 0 Å². The molecule has 2 rings (SSSR count). The van der Waals surface area contributed by atoms with Crippen molar-refractivity contribution in [1.82, 2.24) is 0 Å². The average Bonchev–Trinajstić information content (AvgIpc) is 2.60. The van der Waals surface area contributed by atoms with Gasteiger partial charge in [-0.3, -0.25) is 4.79 Å². The van der Waals surface area contributed by atoms with Crippen LogP contribution in [-0.2, 0) is 11.2 Å². The average molecular weight is 346 g/mol. The van der Waals surface area contributed by atoms with E-state index in [1.54, 1.807) is 12.1 Å². The Morgan fingerprint density at radius 2 is 1.83 bits per heavy atom. The van der Waals surface area contributed by atoms with Crippen LogP contribution in [0.2, 0.25) is 5.02 Å². The standard InChI is InChI=1S/C20H24ClNO2/c1-3-5-8-15-11-13-16(14-12-15)22-20(23)18(4-2)24-19-10-7-6-9-17(19)21/h6-7,9-14,18H,3-5,8H2,1-2H3,(H,22,23)/t18-/m1/s1. The van der Waals surface area contributed by atoms with Crippen molar-refractivity contribution in [3.8, 4) is 5.75 Å². The molecular formula is C20H24ClNO2. The highest BCUT2D eigenvalue weighted by Crippen LogP contribution is 2.25. The number of hydrogen-bond donors (Lipinski definition) is 1. The molecule has 0 radical (unpaired) electrons. The van der Waals surface area contributed by atoms with Gasteiger partial charge in [-0.25, -0.2) is 0 Å². The Morgan fingerprint density at radius 3 is 2.46 bits per heavy atom. The minimum Gasteiger partial charge on any atom is -0.479 e. The van der Waals surface area contributed by atoms with Gasteiger partial charge in [0.15, 0.2) is 6.10 Å². The van der Waals surface area contributed by atoms with E-state index in [4.69, 9.17) is 16.3 Å². The number of amides is 1. The van der Waals surface area contributed by atoms with Gasteiger partial charge in [-0.15, -0.1) is 0 Å². The predicted molar refractivity (Wildman–Crippen MR) is 99.8 cm³/mol. The van der Waals surface area contributed by atoms with E-state index in [0.717, 1.165) is 12.1 Å². The predicted octanol–water partition coefficient (Wildman–Crippen LogP) is 5.48. The van der Waals surface area contributed by atoms with Crippen LogP contribution in [0.1, 0.15) is 38.7 Å². The van der Waals surface area contributed by atoms with E-state index in [1.807, 2.05) is 31.2 Å². The van der Waals surface area contributed by atoms with E-state index in [0.29, 0.717) is 17.2 Å². The van der Waals surface area contributed by atoms with Crippen molar-refractivity contribution < 1.29 is 9.53 Å². The number of halogens is 1. The fourth-order valence-electron chi connectivity index (χ4n) is 2.37. The lowest BCUT2D eigenvalue weighted by molar-refractivity contribution is -0.122. The smallest absolute Gasteiger partial charge is 0.265 e. The van der Waals surface area contributed by atoms with Gasteiger partial charge in [0.1, 0.15) is 5.75 Å². The summed E-state index contributed by atoms with van der Waals surface area (Å²) in [6, 6.07) is 15.2. The number of aryl methyl sites for hydroxylation is 1. The molecule has 1 atom stereocenters. The molecule has 0 bridgehead atoms. The number of anilines is 1. The van der Waals surface area contributed by atoms with Gasteiger partial charge in [-0.2, -0.15) is 0 Å². The molecule has 2 aromatic carbocycles. The van der Waals surface area contributed by atoms with Crippen LogP contribution in [0.4, 0.5) is 5.69 Å². The molecule has 0 saturated heterocycles. The minimum atomic E-state index is -0.579. The molecule has 4 heteroatoms. The summed E-state index contributed by atoms with van der Waals surface area (Å²) in [5.74, 6) is 0.356. The van der Waals surface area contributed by atoms with Crippen molar-refractivity contribution in [3.05, 3.63) is 59.1 Å². The number of ether oxygens (including phenoxy) is 1. The third kappa shape index (κ3) is 5.27. The zero-order chi connectivity index (χ0) is 17.4. The molecule has 1 N–H and O–H groups in total. The molecule has 0 heterocycles. The summed E-state index contributed by atoms with van der Waals surface area (Å²) in [4.78, 5) is 12.4. The maximum Gasteiger partial charge on any atom is 0.265 e. The van der Waals surface area contributed by atoms with Gasteiger partial charge < -0.3 is 10.1 Å². The van der Waals surface area contributed by atoms with Crippen LogP contribution < -0.4 is 10.1 Å². The normalized spacial score (nSPS) is 11.8. The van der Waals surface area contributed by atoms with E-state index >= 15 is 0 Å². The van der Waals surface area contributed by atoms with Gasteiger partial charge in [0, 0.05) is 5.69 Å². The van der Waals surface area contributed by atoms with E-state index in [1.165, 1.54) is 18.4 Å². The van der Waals surface area contributed by atoms with Gasteiger partial charge in [-0.1, -0.05) is 56.1 Å². The van der Waals surface area contributed by atoms with Crippen molar-refractivity contribution in [2.45, 2.75) is 45.6 Å². The second-order valence-electron chi connectivity index (χ2n) is 5.73. The van der Waals surface area contributed by atoms with Crippen molar-refractivity contribution in [2.24, 2.45) is 0 Å². The van der Waals surface area contributed by atoms with Crippen LogP contribution in [0.15, 0.2) is 48.5 Å². The summed E-state index contributed by atoms with van der Waals surface area (Å²) in [6.45, 7) is 4.09. The second-order valence-corrected chi connectivity index (χ2v) is 6.14. The first-order valence-electron chi connectivity index (χ1n) is 8.45. The van der Waals surface area contributed by atoms with E-state index in [2.05, 4.69) is 24.4 Å². The Kier molecular flexibility index (Phi) is 7.13.